The van der Waals surface area contributed by atoms with Gasteiger partial charge in [-0.15, -0.1) is 0 Å². The number of nitrogens with one attached hydrogen (secondary N) is 3. The number of hydrogen-bond acceptors (Lipinski definition) is 4. The zero-order chi connectivity index (χ0) is 17.2. The Bertz CT molecular complexity index is 463. The number of carbonyl (C=O) groups is 1. The summed E-state index contributed by atoms with van der Waals surface area (Å²) in [5, 5.41) is 9.05. The molecule has 2 unspecified atom stereocenters. The van der Waals surface area contributed by atoms with Gasteiger partial charge in [-0.1, -0.05) is 6.92 Å². The average molecular weight is 334 g/mol. The first kappa shape index (κ1) is 20.7. The molecule has 0 fully saturated rings. The third-order valence-electron chi connectivity index (χ3n) is 3.19. The lowest BCUT2D eigenvalue weighted by atomic mass is 10.2. The van der Waals surface area contributed by atoms with Crippen molar-refractivity contribution >= 4 is 21.7 Å². The van der Waals surface area contributed by atoms with E-state index in [0.29, 0.717) is 25.3 Å². The first-order valence-electron chi connectivity index (χ1n) is 7.62. The minimum absolute atomic E-state index is 0.00225. The Balaban J connectivity index is 4.05. The third-order valence-corrected chi connectivity index (χ3v) is 4.17. The van der Waals surface area contributed by atoms with Gasteiger partial charge in [-0.05, 0) is 26.7 Å². The van der Waals surface area contributed by atoms with Gasteiger partial charge in [-0.25, -0.2) is 8.42 Å². The van der Waals surface area contributed by atoms with Crippen LogP contribution in [0.5, 0.6) is 0 Å². The number of rotatable bonds is 9. The summed E-state index contributed by atoms with van der Waals surface area (Å²) < 4.78 is 22.3. The maximum atomic E-state index is 11.6. The van der Waals surface area contributed by atoms with Crippen molar-refractivity contribution in [1.82, 2.24) is 16.0 Å². The molecule has 0 aliphatic rings. The van der Waals surface area contributed by atoms with E-state index in [1.807, 2.05) is 20.8 Å². The first-order valence-corrected chi connectivity index (χ1v) is 9.68. The summed E-state index contributed by atoms with van der Waals surface area (Å²) in [6.07, 6.45) is 3.00. The smallest absolute Gasteiger partial charge is 0.221 e. The van der Waals surface area contributed by atoms with Gasteiger partial charge in [0.15, 0.2) is 5.96 Å². The number of aliphatic imine (C=N–C) groups is 1. The number of sulfone groups is 1. The van der Waals surface area contributed by atoms with E-state index in [-0.39, 0.29) is 23.7 Å². The van der Waals surface area contributed by atoms with E-state index in [2.05, 4.69) is 20.9 Å². The molecule has 0 saturated heterocycles. The third kappa shape index (κ3) is 11.4. The van der Waals surface area contributed by atoms with Crippen LogP contribution < -0.4 is 16.0 Å². The lowest BCUT2D eigenvalue weighted by Gasteiger charge is -2.18. The lowest BCUT2D eigenvalue weighted by molar-refractivity contribution is -0.121. The van der Waals surface area contributed by atoms with Gasteiger partial charge < -0.3 is 16.0 Å². The molecule has 0 aromatic carbocycles. The van der Waals surface area contributed by atoms with Gasteiger partial charge in [-0.2, -0.15) is 0 Å². The minimum atomic E-state index is -2.96. The van der Waals surface area contributed by atoms with Crippen molar-refractivity contribution in [1.29, 1.82) is 0 Å². The fourth-order valence-corrected chi connectivity index (χ4v) is 2.42. The predicted octanol–water partition coefficient (Wildman–Crippen LogP) is 0.279. The molecule has 0 aliphatic carbocycles. The van der Waals surface area contributed by atoms with Crippen molar-refractivity contribution in [2.75, 3.05) is 25.6 Å². The van der Waals surface area contributed by atoms with E-state index in [0.717, 1.165) is 6.42 Å². The normalized spacial score (nSPS) is 15.0. The number of nitrogens with zero attached hydrogens (tertiary/aromatic N) is 1. The molecule has 0 bridgehead atoms. The quantitative estimate of drug-likeness (QED) is 0.415. The fraction of sp³-hybridized carbons (Fsp3) is 0.857. The van der Waals surface area contributed by atoms with Crippen LogP contribution in [0.25, 0.3) is 0 Å². The second-order valence-electron chi connectivity index (χ2n) is 5.59. The topological polar surface area (TPSA) is 99.7 Å². The Kier molecular flexibility index (Phi) is 9.80. The number of guanidine groups is 1. The Labute approximate surface area is 134 Å². The van der Waals surface area contributed by atoms with E-state index in [9.17, 15) is 13.2 Å². The maximum Gasteiger partial charge on any atom is 0.221 e. The highest BCUT2D eigenvalue weighted by Crippen LogP contribution is 1.95. The van der Waals surface area contributed by atoms with Crippen LogP contribution in [0.15, 0.2) is 4.99 Å². The second kappa shape index (κ2) is 10.4. The van der Waals surface area contributed by atoms with Crippen molar-refractivity contribution < 1.29 is 13.2 Å². The van der Waals surface area contributed by atoms with Crippen molar-refractivity contribution in [3.05, 3.63) is 0 Å². The molecule has 130 valence electrons. The molecule has 7 nitrogen and oxygen atoms in total. The van der Waals surface area contributed by atoms with Crippen LogP contribution >= 0.6 is 0 Å². The van der Waals surface area contributed by atoms with Gasteiger partial charge in [-0.3, -0.25) is 9.79 Å². The Hall–Kier alpha value is -1.31. The van der Waals surface area contributed by atoms with Crippen LogP contribution in [0.1, 0.15) is 40.0 Å². The summed E-state index contributed by atoms with van der Waals surface area (Å²) in [5.41, 5.74) is 0. The van der Waals surface area contributed by atoms with Crippen molar-refractivity contribution in [2.45, 2.75) is 52.1 Å². The van der Waals surface area contributed by atoms with E-state index in [1.54, 1.807) is 7.05 Å². The highest BCUT2D eigenvalue weighted by atomic mass is 32.2. The molecule has 22 heavy (non-hydrogen) atoms. The molecule has 0 saturated carbocycles. The molecule has 1 amide bonds. The minimum Gasteiger partial charge on any atom is -0.356 e. The van der Waals surface area contributed by atoms with Crippen LogP contribution in [0.2, 0.25) is 0 Å². The summed E-state index contributed by atoms with van der Waals surface area (Å²) >= 11 is 0. The van der Waals surface area contributed by atoms with Crippen molar-refractivity contribution in [3.8, 4) is 0 Å². The Morgan fingerprint density at radius 2 is 1.82 bits per heavy atom. The van der Waals surface area contributed by atoms with E-state index in [4.69, 9.17) is 0 Å². The van der Waals surface area contributed by atoms with E-state index < -0.39 is 9.84 Å². The Morgan fingerprint density at radius 1 is 1.18 bits per heavy atom. The number of hydrogen-bond donors (Lipinski definition) is 3. The molecular weight excluding hydrogens is 304 g/mol. The van der Waals surface area contributed by atoms with Crippen LogP contribution in [-0.2, 0) is 14.6 Å². The number of carbonyl (C=O) groups excluding carboxylic acids is 1. The second-order valence-corrected chi connectivity index (χ2v) is 7.85. The molecule has 0 spiro atoms. The molecular formula is C14H30N4O3S. The molecule has 0 rings (SSSR count). The number of amides is 1. The van der Waals surface area contributed by atoms with Gasteiger partial charge in [0.05, 0.1) is 5.75 Å². The van der Waals surface area contributed by atoms with Gasteiger partial charge in [0.1, 0.15) is 9.84 Å². The summed E-state index contributed by atoms with van der Waals surface area (Å²) in [6.45, 7) is 6.36. The fourth-order valence-electron chi connectivity index (χ4n) is 1.63. The standard InChI is InChI=1S/C14H30N4O3S/c1-6-11(2)17-13(19)7-9-16-14(15-4)18-12(3)8-10-22(5,20)21/h11-12H,6-10H2,1-5H3,(H,17,19)(H2,15,16,18). The molecule has 2 atom stereocenters. The van der Waals surface area contributed by atoms with E-state index in [1.165, 1.54) is 6.26 Å². The molecule has 0 aliphatic heterocycles. The zero-order valence-electron chi connectivity index (χ0n) is 14.3. The largest absolute Gasteiger partial charge is 0.356 e. The predicted molar refractivity (Wildman–Crippen MR) is 90.8 cm³/mol. The van der Waals surface area contributed by atoms with Gasteiger partial charge in [0.25, 0.3) is 0 Å². The SMILES string of the molecule is CCC(C)NC(=O)CCNC(=NC)NC(C)CCS(C)(=O)=O. The highest BCUT2D eigenvalue weighted by Gasteiger charge is 2.10. The molecule has 3 N–H and O–H groups in total. The van der Waals surface area contributed by atoms with Crippen LogP contribution in [0.4, 0.5) is 0 Å². The lowest BCUT2D eigenvalue weighted by Crippen LogP contribution is -2.44. The highest BCUT2D eigenvalue weighted by molar-refractivity contribution is 7.90. The summed E-state index contributed by atoms with van der Waals surface area (Å²) in [7, 11) is -1.32. The van der Waals surface area contributed by atoms with Crippen molar-refractivity contribution in [3.63, 3.8) is 0 Å². The maximum absolute atomic E-state index is 11.6. The zero-order valence-corrected chi connectivity index (χ0v) is 15.1. The monoisotopic (exact) mass is 334 g/mol. The van der Waals surface area contributed by atoms with Crippen LogP contribution in [0.3, 0.4) is 0 Å². The van der Waals surface area contributed by atoms with Gasteiger partial charge >= 0.3 is 0 Å². The summed E-state index contributed by atoms with van der Waals surface area (Å²) in [6, 6.07) is 0.163. The van der Waals surface area contributed by atoms with Gasteiger partial charge in [0, 0.05) is 38.4 Å². The van der Waals surface area contributed by atoms with E-state index >= 15 is 0 Å². The van der Waals surface area contributed by atoms with Crippen molar-refractivity contribution in [2.24, 2.45) is 4.99 Å². The molecule has 0 aromatic rings. The van der Waals surface area contributed by atoms with Crippen LogP contribution in [-0.4, -0.2) is 58.0 Å². The molecule has 0 aromatic heterocycles. The molecule has 0 radical (unpaired) electrons. The van der Waals surface area contributed by atoms with Crippen LogP contribution in [0, 0.1) is 0 Å². The average Bonchev–Trinajstić information content (AvgIpc) is 2.43. The summed E-state index contributed by atoms with van der Waals surface area (Å²) in [5.74, 6) is 0.704. The summed E-state index contributed by atoms with van der Waals surface area (Å²) in [4.78, 5) is 15.7. The Morgan fingerprint density at radius 3 is 2.32 bits per heavy atom. The van der Waals surface area contributed by atoms with Gasteiger partial charge in [0.2, 0.25) is 5.91 Å². The first-order chi connectivity index (χ1) is 10.2. The molecule has 0 heterocycles. The molecule has 8 heteroatoms.